The second-order valence-electron chi connectivity index (χ2n) is 7.17. The molecule has 36 heavy (non-hydrogen) atoms. The summed E-state index contributed by atoms with van der Waals surface area (Å²) >= 11 is 0.994. The van der Waals surface area contributed by atoms with Gasteiger partial charge in [-0.2, -0.15) is 13.5 Å². The van der Waals surface area contributed by atoms with E-state index in [0.29, 0.717) is 0 Å². The lowest BCUT2D eigenvalue weighted by molar-refractivity contribution is -0.112. The fourth-order valence-electron chi connectivity index (χ4n) is 2.99. The zero-order valence-corrected chi connectivity index (χ0v) is 21.3. The van der Waals surface area contributed by atoms with Crippen molar-refractivity contribution in [1.82, 2.24) is 0 Å². The number of benzene rings is 1. The van der Waals surface area contributed by atoms with Crippen molar-refractivity contribution in [3.05, 3.63) is 70.3 Å². The van der Waals surface area contributed by atoms with Crippen LogP contribution in [0.25, 0.3) is 0 Å². The first-order chi connectivity index (χ1) is 16.6. The van der Waals surface area contributed by atoms with E-state index in [1.807, 2.05) is 0 Å². The Balaban J connectivity index is 1.96. The highest BCUT2D eigenvalue weighted by Gasteiger charge is 2.34. The van der Waals surface area contributed by atoms with Crippen molar-refractivity contribution in [1.29, 1.82) is 0 Å². The van der Waals surface area contributed by atoms with Crippen LogP contribution < -0.4 is 11.1 Å². The number of nitrogens with zero attached hydrogens (tertiary/aromatic N) is 2. The summed E-state index contributed by atoms with van der Waals surface area (Å²) in [7, 11) is -13.1. The van der Waals surface area contributed by atoms with Crippen LogP contribution >= 0.6 is 11.8 Å². The minimum absolute atomic E-state index is 0.00916. The number of carbonyl (C=O) groups excluding carboxylic acids is 1. The molecule has 0 unspecified atom stereocenters. The Labute approximate surface area is 210 Å². The van der Waals surface area contributed by atoms with Crippen molar-refractivity contribution in [3.63, 3.8) is 0 Å². The van der Waals surface area contributed by atoms with E-state index in [0.717, 1.165) is 36.1 Å². The van der Waals surface area contributed by atoms with Crippen molar-refractivity contribution in [2.75, 3.05) is 11.5 Å². The monoisotopic (exact) mass is 575 g/mol. The zero-order chi connectivity index (χ0) is 26.9. The Kier molecular flexibility index (Phi) is 7.84. The van der Waals surface area contributed by atoms with E-state index in [4.69, 9.17) is 11.1 Å². The highest BCUT2D eigenvalue weighted by atomic mass is 32.2. The number of hydrogen-bond donors (Lipinski definition) is 5. The van der Waals surface area contributed by atoms with E-state index >= 15 is 0 Å². The molecular weight excluding hydrogens is 556 g/mol. The smallest absolute Gasteiger partial charge is 0.293 e. The number of ketones is 1. The number of fused-ring (bicyclic) bond motifs is 1. The fourth-order valence-corrected chi connectivity index (χ4v) is 6.36. The van der Waals surface area contributed by atoms with Gasteiger partial charge in [-0.05, 0) is 59.8 Å². The molecule has 7 N–H and O–H groups in total. The molecule has 0 amide bonds. The predicted octanol–water partition coefficient (Wildman–Crippen LogP) is -0.141. The van der Waals surface area contributed by atoms with Gasteiger partial charge in [-0.3, -0.25) is 29.6 Å². The number of thioether (sulfide) groups is 1. The number of allylic oxidation sites excluding steroid dienone is 7. The van der Waals surface area contributed by atoms with E-state index in [2.05, 4.69) is 10.2 Å². The second-order valence-corrected chi connectivity index (χ2v) is 13.3. The number of amidine groups is 1. The normalized spacial score (nSPS) is 16.8. The quantitative estimate of drug-likeness (QED) is 0.0942. The third kappa shape index (κ3) is 6.44. The molecule has 0 heterocycles. The molecule has 0 saturated heterocycles. The molecule has 1 aromatic carbocycles. The molecule has 2 aliphatic carbocycles. The van der Waals surface area contributed by atoms with E-state index in [1.54, 1.807) is 0 Å². The number of sulfone groups is 1. The highest BCUT2D eigenvalue weighted by molar-refractivity contribution is 8.14. The van der Waals surface area contributed by atoms with Crippen LogP contribution in [-0.2, 0) is 34.8 Å². The first-order valence-electron chi connectivity index (χ1n) is 9.59. The van der Waals surface area contributed by atoms with Gasteiger partial charge in [0.05, 0.1) is 21.2 Å². The van der Waals surface area contributed by atoms with Gasteiger partial charge < -0.3 is 0 Å². The summed E-state index contributed by atoms with van der Waals surface area (Å²) in [6, 6.07) is 5.13. The van der Waals surface area contributed by atoms with Gasteiger partial charge in [-0.1, -0.05) is 6.08 Å². The Hall–Kier alpha value is -2.93. The number of rotatable bonds is 7. The molecule has 0 radical (unpaired) electrons. The average Bonchev–Trinajstić information content (AvgIpc) is 2.76. The molecule has 0 saturated carbocycles. The summed E-state index contributed by atoms with van der Waals surface area (Å²) in [6.45, 7) is 0. The van der Waals surface area contributed by atoms with E-state index in [-0.39, 0.29) is 38.4 Å². The summed E-state index contributed by atoms with van der Waals surface area (Å²) in [5, 5.41) is 13.0. The third-order valence-corrected chi connectivity index (χ3v) is 9.13. The van der Waals surface area contributed by atoms with Gasteiger partial charge in [0, 0.05) is 11.3 Å². The average molecular weight is 576 g/mol. The molecule has 3 rings (SSSR count). The second kappa shape index (κ2) is 10.2. The fraction of sp³-hybridized carbons (Fsp3) is 0.105. The topological polar surface area (TPSA) is 239 Å². The SMILES string of the molecule is NC(=[NH2+])SCCS(=O)(=O)c1ccc(N=NC2=C3C=CC(=S(=O)(O)O)C=C3C=C(S(=O)(=O)O)C2=O)cc1. The van der Waals surface area contributed by atoms with E-state index < -0.39 is 51.3 Å². The highest BCUT2D eigenvalue weighted by Crippen LogP contribution is 2.33. The Bertz CT molecular complexity index is 1630. The molecule has 0 atom stereocenters. The molecular formula is C19H19N4O9S4+. The third-order valence-electron chi connectivity index (χ3n) is 4.67. The van der Waals surface area contributed by atoms with Gasteiger partial charge in [0.2, 0.25) is 15.9 Å². The standard InChI is InChI=1S/C19H18N4O9S4/c20-19(21)33-7-8-34(25,26)13-3-1-12(2-4-13)22-23-17-15-6-5-14(35(27,28)29)9-11(15)10-16(18(17)24)36(30,31)32/h1-6,9-10H,7-8H2,(H3,20,21)(H2,27,28,29)(H,30,31,32)/p+1. The van der Waals surface area contributed by atoms with Crippen LogP contribution in [-0.4, -0.2) is 62.0 Å². The van der Waals surface area contributed by atoms with Crippen molar-refractivity contribution in [2.45, 2.75) is 4.90 Å². The summed E-state index contributed by atoms with van der Waals surface area (Å²) in [4.78, 5) is 11.2. The molecule has 0 aromatic heterocycles. The molecule has 13 nitrogen and oxygen atoms in total. The van der Waals surface area contributed by atoms with Gasteiger partial charge in [0.1, 0.15) is 10.6 Å². The molecule has 0 bridgehead atoms. The summed E-state index contributed by atoms with van der Waals surface area (Å²) < 4.78 is 87.9. The van der Waals surface area contributed by atoms with Gasteiger partial charge in [-0.15, -0.1) is 5.11 Å². The Morgan fingerprint density at radius 2 is 1.61 bits per heavy atom. The van der Waals surface area contributed by atoms with Gasteiger partial charge in [0.15, 0.2) is 9.84 Å². The van der Waals surface area contributed by atoms with Crippen molar-refractivity contribution in [3.8, 4) is 0 Å². The summed E-state index contributed by atoms with van der Waals surface area (Å²) in [6.07, 6.45) is 3.91. The van der Waals surface area contributed by atoms with Crippen LogP contribution in [0, 0.1) is 0 Å². The van der Waals surface area contributed by atoms with Gasteiger partial charge in [0.25, 0.3) is 15.3 Å². The largest absolute Gasteiger partial charge is 0.299 e. The van der Waals surface area contributed by atoms with E-state index in [9.17, 15) is 39.5 Å². The maximum absolute atomic E-state index is 12.7. The lowest BCUT2D eigenvalue weighted by Crippen LogP contribution is -2.43. The number of nitrogens with two attached hydrogens (primary N) is 2. The van der Waals surface area contributed by atoms with Gasteiger partial charge >= 0.3 is 0 Å². The van der Waals surface area contributed by atoms with Crippen LogP contribution in [0.5, 0.6) is 0 Å². The minimum atomic E-state index is -5.01. The van der Waals surface area contributed by atoms with Crippen LogP contribution in [0.4, 0.5) is 5.69 Å². The van der Waals surface area contributed by atoms with Crippen LogP contribution in [0.1, 0.15) is 0 Å². The molecule has 192 valence electrons. The zero-order valence-electron chi connectivity index (χ0n) is 18.0. The molecule has 2 aliphatic rings. The molecule has 0 fully saturated rings. The maximum atomic E-state index is 12.7. The minimum Gasteiger partial charge on any atom is -0.293 e. The summed E-state index contributed by atoms with van der Waals surface area (Å²) in [5.74, 6) is -1.26. The Morgan fingerprint density at radius 1 is 0.972 bits per heavy atom. The van der Waals surface area contributed by atoms with Crippen molar-refractivity contribution in [2.24, 2.45) is 16.0 Å². The number of hydrogen-bond acceptors (Lipinski definition) is 9. The van der Waals surface area contributed by atoms with Crippen molar-refractivity contribution < 1.29 is 44.9 Å². The van der Waals surface area contributed by atoms with E-state index in [1.165, 1.54) is 24.3 Å². The first kappa shape index (κ1) is 27.7. The van der Waals surface area contributed by atoms with Crippen molar-refractivity contribution >= 4 is 63.3 Å². The molecule has 0 aliphatic heterocycles. The van der Waals surface area contributed by atoms with Crippen LogP contribution in [0.2, 0.25) is 0 Å². The lowest BCUT2D eigenvalue weighted by Gasteiger charge is -2.18. The maximum Gasteiger partial charge on any atom is 0.299 e. The number of Topliss-reactive ketones (excluding diaryl/α,β-unsaturated/α-hetero) is 1. The molecule has 17 heteroatoms. The number of carbonyl (C=O) groups is 1. The number of azo groups is 1. The summed E-state index contributed by atoms with van der Waals surface area (Å²) in [5.41, 5.74) is 4.81. The van der Waals surface area contributed by atoms with Gasteiger partial charge in [-0.25, -0.2) is 12.6 Å². The first-order valence-corrected chi connectivity index (χ1v) is 15.1. The van der Waals surface area contributed by atoms with Crippen LogP contribution in [0.3, 0.4) is 0 Å². The van der Waals surface area contributed by atoms with Crippen LogP contribution in [0.15, 0.2) is 85.4 Å². The molecule has 1 aromatic rings. The predicted molar refractivity (Wildman–Crippen MR) is 134 cm³/mol. The Morgan fingerprint density at radius 3 is 2.17 bits per heavy atom. The molecule has 0 spiro atoms. The lowest BCUT2D eigenvalue weighted by atomic mass is 9.92.